The van der Waals surface area contributed by atoms with Crippen LogP contribution in [-0.4, -0.2) is 47.5 Å². The Balaban J connectivity index is 1.46. The van der Waals surface area contributed by atoms with Crippen molar-refractivity contribution >= 4 is 28.2 Å². The molecule has 34 heavy (non-hydrogen) atoms. The molecule has 4 heterocycles. The number of hydrogen-bond donors (Lipinski definition) is 1. The Hall–Kier alpha value is -2.84. The number of halogens is 3. The summed E-state index contributed by atoms with van der Waals surface area (Å²) in [5, 5.41) is 6.52. The Morgan fingerprint density at radius 1 is 1.15 bits per heavy atom. The zero-order valence-corrected chi connectivity index (χ0v) is 20.0. The molecule has 5 rings (SSSR count). The first-order valence-corrected chi connectivity index (χ1v) is 12.3. The lowest BCUT2D eigenvalue weighted by Gasteiger charge is -2.41. The second-order valence-electron chi connectivity index (χ2n) is 8.95. The van der Waals surface area contributed by atoms with Gasteiger partial charge in [-0.15, -0.1) is 11.3 Å². The number of aryl methyl sites for hydroxylation is 2. The fourth-order valence-corrected chi connectivity index (χ4v) is 5.80. The summed E-state index contributed by atoms with van der Waals surface area (Å²) in [5.41, 5.74) is 2.08. The molecule has 2 aliphatic heterocycles. The zero-order valence-electron chi connectivity index (χ0n) is 19.2. The topological polar surface area (TPSA) is 31.4 Å². The fourth-order valence-electron chi connectivity index (χ4n) is 4.92. The van der Waals surface area contributed by atoms with Crippen molar-refractivity contribution < 1.29 is 13.2 Å². The lowest BCUT2D eigenvalue weighted by atomic mass is 9.97. The highest BCUT2D eigenvalue weighted by atomic mass is 32.1. The van der Waals surface area contributed by atoms with E-state index in [-0.39, 0.29) is 6.04 Å². The first-order valence-electron chi connectivity index (χ1n) is 11.4. The van der Waals surface area contributed by atoms with Gasteiger partial charge in [0, 0.05) is 53.7 Å². The summed E-state index contributed by atoms with van der Waals surface area (Å²) in [5.74, 6) is 0. The highest BCUT2D eigenvalue weighted by Crippen LogP contribution is 2.36. The van der Waals surface area contributed by atoms with Crippen LogP contribution in [0.25, 0.3) is 11.9 Å². The van der Waals surface area contributed by atoms with E-state index >= 15 is 0 Å². The smallest absolute Gasteiger partial charge is 0.366 e. The van der Waals surface area contributed by atoms with E-state index in [0.717, 1.165) is 46.5 Å². The van der Waals surface area contributed by atoms with Crippen LogP contribution in [0.15, 0.2) is 48.7 Å². The number of alkyl halides is 3. The van der Waals surface area contributed by atoms with Gasteiger partial charge >= 0.3 is 6.18 Å². The molecule has 4 nitrogen and oxygen atoms in total. The van der Waals surface area contributed by atoms with Gasteiger partial charge in [-0.3, -0.25) is 9.88 Å². The molecule has 1 saturated heterocycles. The van der Waals surface area contributed by atoms with E-state index in [1.54, 1.807) is 23.5 Å². The monoisotopic (exact) mass is 484 g/mol. The molecule has 0 saturated carbocycles. The molecular formula is C26H27F3N4S. The maximum Gasteiger partial charge on any atom is 0.416 e. The van der Waals surface area contributed by atoms with E-state index in [4.69, 9.17) is 4.98 Å². The number of pyridine rings is 1. The first kappa shape index (κ1) is 22.9. The number of fused-ring (bicyclic) bond motifs is 2. The summed E-state index contributed by atoms with van der Waals surface area (Å²) in [7, 11) is 2.07. The van der Waals surface area contributed by atoms with Crippen molar-refractivity contribution in [1.29, 1.82) is 0 Å². The molecule has 0 amide bonds. The maximum absolute atomic E-state index is 13.5. The number of rotatable bonds is 4. The van der Waals surface area contributed by atoms with Crippen LogP contribution in [0.4, 0.5) is 18.2 Å². The van der Waals surface area contributed by atoms with E-state index in [1.807, 2.05) is 18.5 Å². The first-order chi connectivity index (χ1) is 16.3. The van der Waals surface area contributed by atoms with Crippen LogP contribution >= 0.6 is 11.3 Å². The number of nitrogens with one attached hydrogen (secondary N) is 1. The molecule has 0 aliphatic carbocycles. The van der Waals surface area contributed by atoms with Crippen LogP contribution in [-0.2, 0) is 12.6 Å². The summed E-state index contributed by atoms with van der Waals surface area (Å²) in [4.78, 5) is 10.6. The lowest BCUT2D eigenvalue weighted by molar-refractivity contribution is -0.138. The van der Waals surface area contributed by atoms with E-state index in [1.165, 1.54) is 17.0 Å². The van der Waals surface area contributed by atoms with E-state index in [9.17, 15) is 13.2 Å². The maximum atomic E-state index is 13.5. The number of likely N-dealkylation sites (N-methyl/N-ethyl adjacent to an activating group) is 1. The molecule has 178 valence electrons. The number of benzene rings is 1. The van der Waals surface area contributed by atoms with Crippen molar-refractivity contribution in [1.82, 2.24) is 14.8 Å². The van der Waals surface area contributed by atoms with Gasteiger partial charge in [-0.25, -0.2) is 0 Å². The number of piperazine rings is 1. The Bertz CT molecular complexity index is 1310. The third kappa shape index (κ3) is 4.44. The van der Waals surface area contributed by atoms with Gasteiger partial charge in [-0.05, 0) is 56.6 Å². The predicted octanol–water partition coefficient (Wildman–Crippen LogP) is 4.04. The van der Waals surface area contributed by atoms with Crippen LogP contribution in [0.1, 0.15) is 28.0 Å². The third-order valence-electron chi connectivity index (χ3n) is 6.70. The molecule has 1 fully saturated rings. The molecule has 1 atom stereocenters. The van der Waals surface area contributed by atoms with Crippen LogP contribution in [0, 0.1) is 6.92 Å². The molecule has 0 spiro atoms. The highest BCUT2D eigenvalue weighted by Gasteiger charge is 2.34. The van der Waals surface area contributed by atoms with Gasteiger partial charge in [0.1, 0.15) is 5.00 Å². The third-order valence-corrected chi connectivity index (χ3v) is 7.68. The summed E-state index contributed by atoms with van der Waals surface area (Å²) < 4.78 is 40.4. The Morgan fingerprint density at radius 2 is 1.97 bits per heavy atom. The largest absolute Gasteiger partial charge is 0.416 e. The van der Waals surface area contributed by atoms with E-state index in [2.05, 4.69) is 41.2 Å². The number of thiophene rings is 1. The average Bonchev–Trinajstić information content (AvgIpc) is 3.11. The SMILES string of the molecule is Cc1cc2c(s1)NC=c1cccnc1=C2N1CCN(C)C(CCc2ccccc2C(F)(F)F)C1. The normalized spacial score (nSPS) is 18.6. The second kappa shape index (κ2) is 9.07. The van der Waals surface area contributed by atoms with Crippen molar-refractivity contribution in [3.8, 4) is 0 Å². The van der Waals surface area contributed by atoms with Gasteiger partial charge in [-0.2, -0.15) is 13.2 Å². The quantitative estimate of drug-likeness (QED) is 0.606. The number of anilines is 1. The van der Waals surface area contributed by atoms with Gasteiger partial charge in [-0.1, -0.05) is 18.2 Å². The minimum Gasteiger partial charge on any atom is -0.366 e. The fraction of sp³-hybridized carbons (Fsp3) is 0.346. The second-order valence-corrected chi connectivity index (χ2v) is 10.2. The van der Waals surface area contributed by atoms with Gasteiger partial charge in [0.2, 0.25) is 0 Å². The average molecular weight is 485 g/mol. The molecule has 1 aromatic carbocycles. The van der Waals surface area contributed by atoms with Crippen molar-refractivity contribution in [2.75, 3.05) is 32.0 Å². The van der Waals surface area contributed by atoms with Crippen molar-refractivity contribution in [2.24, 2.45) is 0 Å². The van der Waals surface area contributed by atoms with Crippen molar-refractivity contribution in [2.45, 2.75) is 32.0 Å². The number of hydrogen-bond acceptors (Lipinski definition) is 5. The van der Waals surface area contributed by atoms with Gasteiger partial charge in [0.05, 0.1) is 16.6 Å². The van der Waals surface area contributed by atoms with E-state index in [0.29, 0.717) is 18.4 Å². The van der Waals surface area contributed by atoms with Crippen LogP contribution in [0.2, 0.25) is 0 Å². The Kier molecular flexibility index (Phi) is 6.12. The highest BCUT2D eigenvalue weighted by molar-refractivity contribution is 7.16. The van der Waals surface area contributed by atoms with Crippen LogP contribution in [0.5, 0.6) is 0 Å². The molecule has 1 unspecified atom stereocenters. The summed E-state index contributed by atoms with van der Waals surface area (Å²) in [6.07, 6.45) is 0.539. The molecule has 8 heteroatoms. The van der Waals surface area contributed by atoms with Gasteiger partial charge in [0.15, 0.2) is 0 Å². The zero-order chi connectivity index (χ0) is 23.9. The number of aromatic nitrogens is 1. The predicted molar refractivity (Wildman–Crippen MR) is 131 cm³/mol. The number of nitrogens with zero attached hydrogens (tertiary/aromatic N) is 3. The molecule has 0 bridgehead atoms. The minimum absolute atomic E-state index is 0.137. The van der Waals surface area contributed by atoms with Crippen LogP contribution < -0.4 is 15.9 Å². The molecule has 2 aliphatic rings. The van der Waals surface area contributed by atoms with E-state index < -0.39 is 11.7 Å². The molecule has 2 aromatic heterocycles. The summed E-state index contributed by atoms with van der Waals surface area (Å²) in [6, 6.07) is 12.3. The van der Waals surface area contributed by atoms with Crippen molar-refractivity contribution in [3.63, 3.8) is 0 Å². The Morgan fingerprint density at radius 3 is 2.79 bits per heavy atom. The standard InChI is InChI=1S/C26H27F3N4S/c1-17-14-21-24(23-19(7-5-11-30-23)15-31-25(21)34-17)33-13-12-32(2)20(16-33)10-9-18-6-3-4-8-22(18)26(27,28)29/h3-8,11,14-15,20,31H,9-10,12-13,16H2,1-2H3. The van der Waals surface area contributed by atoms with Crippen LogP contribution in [0.3, 0.4) is 0 Å². The Labute approximate surface area is 201 Å². The lowest BCUT2D eigenvalue weighted by Crippen LogP contribution is -2.52. The molecule has 3 aromatic rings. The van der Waals surface area contributed by atoms with Crippen molar-refractivity contribution in [3.05, 3.63) is 80.8 Å². The minimum atomic E-state index is -4.33. The summed E-state index contributed by atoms with van der Waals surface area (Å²) >= 11 is 1.72. The summed E-state index contributed by atoms with van der Waals surface area (Å²) in [6.45, 7) is 4.52. The van der Waals surface area contributed by atoms with Gasteiger partial charge < -0.3 is 10.2 Å². The molecular weight excluding hydrogens is 457 g/mol. The molecule has 0 radical (unpaired) electrons. The van der Waals surface area contributed by atoms with Gasteiger partial charge in [0.25, 0.3) is 0 Å². The molecule has 1 N–H and O–H groups in total.